The van der Waals surface area contributed by atoms with Gasteiger partial charge >= 0.3 is 5.97 Å². The number of hydrogen-bond acceptors (Lipinski definition) is 5. The van der Waals surface area contributed by atoms with E-state index in [9.17, 15) is 13.2 Å². The Morgan fingerprint density at radius 2 is 1.86 bits per heavy atom. The molecule has 0 spiro atoms. The van der Waals surface area contributed by atoms with Crippen molar-refractivity contribution in [2.45, 2.75) is 4.90 Å². The molecule has 0 atom stereocenters. The Morgan fingerprint density at radius 3 is 2.50 bits per heavy atom. The number of carbonyl (C=O) groups is 1. The molecule has 0 bridgehead atoms. The van der Waals surface area contributed by atoms with Crippen LogP contribution in [0.3, 0.4) is 0 Å². The van der Waals surface area contributed by atoms with Gasteiger partial charge in [0.2, 0.25) is 0 Å². The van der Waals surface area contributed by atoms with Gasteiger partial charge in [-0.3, -0.25) is 0 Å². The summed E-state index contributed by atoms with van der Waals surface area (Å²) in [6.07, 6.45) is 0. The smallest absolute Gasteiger partial charge is 0.335 e. The van der Waals surface area contributed by atoms with Gasteiger partial charge in [0, 0.05) is 16.8 Å². The lowest BCUT2D eigenvalue weighted by Crippen LogP contribution is -2.29. The number of nitrogens with two attached hydrogens (primary N) is 1. The molecule has 4 N–H and O–H groups in total. The van der Waals surface area contributed by atoms with Crippen molar-refractivity contribution in [3.8, 4) is 0 Å². The average Bonchev–Trinajstić information content (AvgIpc) is 2.48. The number of sulfonamides is 1. The van der Waals surface area contributed by atoms with Crippen molar-refractivity contribution in [2.75, 3.05) is 5.73 Å². The maximum atomic E-state index is 12.1. The average molecular weight is 317 g/mol. The molecule has 1 heterocycles. The lowest BCUT2D eigenvalue weighted by molar-refractivity contribution is 0.0696. The molecule has 3 rings (SSSR count). The fourth-order valence-electron chi connectivity index (χ4n) is 2.24. The third-order valence-electron chi connectivity index (χ3n) is 3.23. The first kappa shape index (κ1) is 14.1. The largest absolute Gasteiger partial charge is 0.478 e. The molecule has 1 aliphatic heterocycles. The third-order valence-corrected chi connectivity index (χ3v) is 4.46. The van der Waals surface area contributed by atoms with Gasteiger partial charge in [0.1, 0.15) is 10.6 Å². The molecule has 0 saturated heterocycles. The minimum absolute atomic E-state index is 0.0441. The van der Waals surface area contributed by atoms with Crippen LogP contribution in [0.2, 0.25) is 0 Å². The molecule has 0 saturated carbocycles. The van der Waals surface area contributed by atoms with E-state index in [0.29, 0.717) is 11.3 Å². The lowest BCUT2D eigenvalue weighted by Gasteiger charge is -2.20. The molecule has 112 valence electrons. The zero-order valence-corrected chi connectivity index (χ0v) is 12.0. The highest BCUT2D eigenvalue weighted by Crippen LogP contribution is 2.30. The van der Waals surface area contributed by atoms with E-state index in [-0.39, 0.29) is 21.7 Å². The van der Waals surface area contributed by atoms with Crippen LogP contribution in [0.4, 0.5) is 5.69 Å². The van der Waals surface area contributed by atoms with Crippen LogP contribution in [0.25, 0.3) is 0 Å². The summed E-state index contributed by atoms with van der Waals surface area (Å²) in [7, 11) is -3.94. The number of aromatic carboxylic acids is 1. The predicted molar refractivity (Wildman–Crippen MR) is 80.2 cm³/mol. The standard InChI is InChI=1S/C14H11N3O4S/c15-10-6-9(14(18)19)7-11-12(10)13(16-17-22(11,20)21)8-4-2-1-3-5-8/h1-7,17H,15H2,(H,18,19). The number of anilines is 1. The summed E-state index contributed by atoms with van der Waals surface area (Å²) in [6, 6.07) is 11.2. The fourth-order valence-corrected chi connectivity index (χ4v) is 3.32. The van der Waals surface area contributed by atoms with Crippen molar-refractivity contribution in [1.82, 2.24) is 4.83 Å². The minimum Gasteiger partial charge on any atom is -0.478 e. The summed E-state index contributed by atoms with van der Waals surface area (Å²) in [5.74, 6) is -1.26. The first-order valence-electron chi connectivity index (χ1n) is 6.22. The number of carboxylic acid groups (broad SMARTS) is 1. The van der Waals surface area contributed by atoms with Crippen LogP contribution >= 0.6 is 0 Å². The van der Waals surface area contributed by atoms with E-state index in [2.05, 4.69) is 9.93 Å². The monoisotopic (exact) mass is 317 g/mol. The van der Waals surface area contributed by atoms with Crippen molar-refractivity contribution >= 4 is 27.4 Å². The Kier molecular flexibility index (Phi) is 3.10. The minimum atomic E-state index is -3.94. The molecule has 22 heavy (non-hydrogen) atoms. The van der Waals surface area contributed by atoms with Gasteiger partial charge in [-0.25, -0.2) is 4.79 Å². The Balaban J connectivity index is 2.31. The number of carboxylic acids is 1. The molecular formula is C14H11N3O4S. The molecule has 0 aliphatic carbocycles. The molecule has 1 aliphatic rings. The number of hydrogen-bond donors (Lipinski definition) is 3. The molecule has 0 aromatic heterocycles. The van der Waals surface area contributed by atoms with Gasteiger partial charge in [-0.1, -0.05) is 30.3 Å². The van der Waals surface area contributed by atoms with Gasteiger partial charge in [0.15, 0.2) is 0 Å². The molecule has 0 unspecified atom stereocenters. The van der Waals surface area contributed by atoms with Gasteiger partial charge < -0.3 is 10.8 Å². The molecule has 2 aromatic carbocycles. The molecule has 0 radical (unpaired) electrons. The molecule has 7 nitrogen and oxygen atoms in total. The summed E-state index contributed by atoms with van der Waals surface area (Å²) >= 11 is 0. The van der Waals surface area contributed by atoms with Gasteiger partial charge in [-0.15, -0.1) is 0 Å². The Bertz CT molecular complexity index is 905. The zero-order chi connectivity index (χ0) is 15.9. The van der Waals surface area contributed by atoms with E-state index in [1.54, 1.807) is 24.3 Å². The van der Waals surface area contributed by atoms with Crippen LogP contribution < -0.4 is 10.6 Å². The summed E-state index contributed by atoms with van der Waals surface area (Å²) in [6.45, 7) is 0. The van der Waals surface area contributed by atoms with Crippen LogP contribution in [0, 0.1) is 0 Å². The molecule has 0 fully saturated rings. The van der Waals surface area contributed by atoms with E-state index in [1.807, 2.05) is 6.07 Å². The third kappa shape index (κ3) is 2.19. The van der Waals surface area contributed by atoms with Crippen LogP contribution in [0.5, 0.6) is 0 Å². The lowest BCUT2D eigenvalue weighted by atomic mass is 9.99. The van der Waals surface area contributed by atoms with Crippen molar-refractivity contribution in [3.63, 3.8) is 0 Å². The van der Waals surface area contributed by atoms with E-state index in [0.717, 1.165) is 6.07 Å². The van der Waals surface area contributed by atoms with Crippen molar-refractivity contribution in [2.24, 2.45) is 5.10 Å². The zero-order valence-electron chi connectivity index (χ0n) is 11.1. The number of benzene rings is 2. The topological polar surface area (TPSA) is 122 Å². The molecule has 8 heteroatoms. The quantitative estimate of drug-likeness (QED) is 0.714. The normalized spacial score (nSPS) is 15.4. The first-order chi connectivity index (χ1) is 10.4. The number of nitrogens with one attached hydrogen (secondary N) is 1. The number of hydrazone groups is 1. The second-order valence-corrected chi connectivity index (χ2v) is 6.29. The fraction of sp³-hybridized carbons (Fsp3) is 0. The van der Waals surface area contributed by atoms with Crippen LogP contribution in [0.1, 0.15) is 21.5 Å². The second-order valence-electron chi connectivity index (χ2n) is 4.66. The first-order valence-corrected chi connectivity index (χ1v) is 7.70. The number of fused-ring (bicyclic) bond motifs is 1. The Morgan fingerprint density at radius 1 is 1.18 bits per heavy atom. The Labute approximate surface area is 126 Å². The highest BCUT2D eigenvalue weighted by molar-refractivity contribution is 7.89. The van der Waals surface area contributed by atoms with E-state index in [1.165, 1.54) is 6.07 Å². The van der Waals surface area contributed by atoms with Crippen LogP contribution in [-0.2, 0) is 10.0 Å². The Hall–Kier alpha value is -2.87. The highest BCUT2D eigenvalue weighted by Gasteiger charge is 2.30. The summed E-state index contributed by atoms with van der Waals surface area (Å²) in [4.78, 5) is 13.0. The van der Waals surface area contributed by atoms with Gasteiger partial charge in [0.05, 0.1) is 5.56 Å². The number of nitrogens with zero attached hydrogens (tertiary/aromatic N) is 1. The van der Waals surface area contributed by atoms with Gasteiger partial charge in [0.25, 0.3) is 10.0 Å². The molecule has 2 aromatic rings. The van der Waals surface area contributed by atoms with Crippen LogP contribution in [-0.4, -0.2) is 25.2 Å². The summed E-state index contributed by atoms with van der Waals surface area (Å²) < 4.78 is 24.2. The SMILES string of the molecule is Nc1cc(C(=O)O)cc2c1C(c1ccccc1)=NNS2(=O)=O. The maximum Gasteiger partial charge on any atom is 0.335 e. The van der Waals surface area contributed by atoms with Crippen molar-refractivity contribution in [3.05, 3.63) is 59.2 Å². The van der Waals surface area contributed by atoms with Crippen molar-refractivity contribution in [1.29, 1.82) is 0 Å². The highest BCUT2D eigenvalue weighted by atomic mass is 32.2. The van der Waals surface area contributed by atoms with E-state index < -0.39 is 16.0 Å². The van der Waals surface area contributed by atoms with Gasteiger partial charge in [-0.2, -0.15) is 18.4 Å². The predicted octanol–water partition coefficient (Wildman–Crippen LogP) is 1.01. The second kappa shape index (κ2) is 4.85. The van der Waals surface area contributed by atoms with Crippen LogP contribution in [0.15, 0.2) is 52.5 Å². The number of nitrogen functional groups attached to an aromatic ring is 1. The summed E-state index contributed by atoms with van der Waals surface area (Å²) in [5, 5.41) is 12.9. The van der Waals surface area contributed by atoms with E-state index in [4.69, 9.17) is 10.8 Å². The molecular weight excluding hydrogens is 306 g/mol. The number of rotatable bonds is 2. The maximum absolute atomic E-state index is 12.1. The van der Waals surface area contributed by atoms with Gasteiger partial charge in [-0.05, 0) is 12.1 Å². The van der Waals surface area contributed by atoms with Crippen molar-refractivity contribution < 1.29 is 18.3 Å². The summed E-state index contributed by atoms with van der Waals surface area (Å²) in [5.41, 5.74) is 6.96. The van der Waals surface area contributed by atoms with E-state index >= 15 is 0 Å². The molecule has 0 amide bonds.